The van der Waals surface area contributed by atoms with Crippen LogP contribution in [0.5, 0.6) is 0 Å². The average Bonchev–Trinajstić information content (AvgIpc) is 2.69. The molecule has 1 aromatic carbocycles. The van der Waals surface area contributed by atoms with E-state index in [4.69, 9.17) is 16.0 Å². The van der Waals surface area contributed by atoms with Gasteiger partial charge in [0, 0.05) is 27.9 Å². The number of nitrogens with zero attached hydrogens (tertiary/aromatic N) is 2. The number of hydrogen-bond acceptors (Lipinski definition) is 4. The third-order valence-electron chi connectivity index (χ3n) is 2.16. The molecule has 1 unspecified atom stereocenters. The zero-order chi connectivity index (χ0) is 13.1. The molecule has 1 aromatic heterocycles. The van der Waals surface area contributed by atoms with Gasteiger partial charge in [0.2, 0.25) is 11.8 Å². The van der Waals surface area contributed by atoms with Gasteiger partial charge in [-0.25, -0.2) is 0 Å². The number of aromatic nitrogens is 2. The van der Waals surface area contributed by atoms with Crippen LogP contribution in [0.4, 0.5) is 0 Å². The largest absolute Gasteiger partial charge is 0.425 e. The van der Waals surface area contributed by atoms with Gasteiger partial charge in [-0.3, -0.25) is 4.21 Å². The van der Waals surface area contributed by atoms with Crippen LogP contribution in [0.15, 0.2) is 27.1 Å². The predicted molar refractivity (Wildman–Crippen MR) is 73.7 cm³/mol. The standard InChI is InChI=1S/C11H10BrClN2O2S/c1-7-14-15-11(17-7)6-18(16)5-8-2-3-9(12)10(13)4-8/h2-4H,5-6H2,1H3. The summed E-state index contributed by atoms with van der Waals surface area (Å²) < 4.78 is 17.9. The second kappa shape index (κ2) is 5.95. The van der Waals surface area contributed by atoms with Gasteiger partial charge in [0.1, 0.15) is 5.75 Å². The maximum atomic E-state index is 11.9. The van der Waals surface area contributed by atoms with Gasteiger partial charge in [0.15, 0.2) is 0 Å². The molecule has 2 rings (SSSR count). The number of rotatable bonds is 4. The lowest BCUT2D eigenvalue weighted by atomic mass is 10.2. The summed E-state index contributed by atoms with van der Waals surface area (Å²) in [5, 5.41) is 8.12. The fourth-order valence-electron chi connectivity index (χ4n) is 1.40. The molecule has 0 N–H and O–H groups in total. The topological polar surface area (TPSA) is 56.0 Å². The molecule has 1 heterocycles. The van der Waals surface area contributed by atoms with Crippen LogP contribution in [0, 0.1) is 6.92 Å². The Kier molecular flexibility index (Phi) is 4.53. The van der Waals surface area contributed by atoms with Gasteiger partial charge in [-0.2, -0.15) is 0 Å². The molecule has 7 heteroatoms. The van der Waals surface area contributed by atoms with Gasteiger partial charge in [-0.05, 0) is 33.6 Å². The fraction of sp³-hybridized carbons (Fsp3) is 0.273. The lowest BCUT2D eigenvalue weighted by Crippen LogP contribution is -2.00. The van der Waals surface area contributed by atoms with Gasteiger partial charge in [0.25, 0.3) is 0 Å². The van der Waals surface area contributed by atoms with E-state index in [-0.39, 0.29) is 5.75 Å². The summed E-state index contributed by atoms with van der Waals surface area (Å²) in [6.07, 6.45) is 0. The van der Waals surface area contributed by atoms with Gasteiger partial charge < -0.3 is 4.42 Å². The lowest BCUT2D eigenvalue weighted by Gasteiger charge is -2.02. The van der Waals surface area contributed by atoms with Gasteiger partial charge in [0.05, 0.1) is 5.02 Å². The molecule has 0 aliphatic rings. The van der Waals surface area contributed by atoms with Crippen molar-refractivity contribution in [3.05, 3.63) is 45.0 Å². The summed E-state index contributed by atoms with van der Waals surface area (Å²) in [7, 11) is -1.09. The number of aryl methyl sites for hydroxylation is 1. The van der Waals surface area contributed by atoms with Crippen LogP contribution < -0.4 is 0 Å². The third kappa shape index (κ3) is 3.63. The number of halogens is 2. The molecule has 0 spiro atoms. The highest BCUT2D eigenvalue weighted by Crippen LogP contribution is 2.24. The van der Waals surface area contributed by atoms with Crippen LogP contribution in [-0.4, -0.2) is 14.4 Å². The highest BCUT2D eigenvalue weighted by atomic mass is 79.9. The first-order chi connectivity index (χ1) is 8.54. The molecule has 0 radical (unpaired) electrons. The molecule has 2 aromatic rings. The maximum absolute atomic E-state index is 11.9. The molecule has 1 atom stereocenters. The molecule has 0 saturated carbocycles. The minimum absolute atomic E-state index is 0.258. The molecular formula is C11H10BrClN2O2S. The third-order valence-corrected chi connectivity index (χ3v) is 4.62. The summed E-state index contributed by atoms with van der Waals surface area (Å²) >= 11 is 9.29. The van der Waals surface area contributed by atoms with Gasteiger partial charge >= 0.3 is 0 Å². The zero-order valence-electron chi connectivity index (χ0n) is 9.52. The summed E-state index contributed by atoms with van der Waals surface area (Å²) in [5.41, 5.74) is 0.915. The van der Waals surface area contributed by atoms with E-state index in [1.54, 1.807) is 13.0 Å². The number of hydrogen-bond donors (Lipinski definition) is 0. The molecule has 0 aliphatic carbocycles. The van der Waals surface area contributed by atoms with Crippen molar-refractivity contribution in [1.29, 1.82) is 0 Å². The van der Waals surface area contributed by atoms with Crippen molar-refractivity contribution >= 4 is 38.3 Å². The Morgan fingerprint density at radius 3 is 2.78 bits per heavy atom. The highest BCUT2D eigenvalue weighted by molar-refractivity contribution is 9.10. The Morgan fingerprint density at radius 1 is 1.39 bits per heavy atom. The molecule has 0 aliphatic heterocycles. The van der Waals surface area contributed by atoms with Crippen LogP contribution in [0.2, 0.25) is 5.02 Å². The second-order valence-electron chi connectivity index (χ2n) is 3.69. The van der Waals surface area contributed by atoms with Gasteiger partial charge in [-0.1, -0.05) is 17.7 Å². The predicted octanol–water partition coefficient (Wildman–Crippen LogP) is 3.24. The van der Waals surface area contributed by atoms with E-state index in [9.17, 15) is 4.21 Å². The van der Waals surface area contributed by atoms with Crippen molar-refractivity contribution in [2.45, 2.75) is 18.4 Å². The second-order valence-corrected chi connectivity index (χ2v) is 6.41. The van der Waals surface area contributed by atoms with E-state index in [1.807, 2.05) is 12.1 Å². The van der Waals surface area contributed by atoms with Crippen LogP contribution in [-0.2, 0) is 22.3 Å². The summed E-state index contributed by atoms with van der Waals surface area (Å²) in [6.45, 7) is 1.70. The molecule has 0 bridgehead atoms. The van der Waals surface area contributed by atoms with Crippen molar-refractivity contribution in [2.75, 3.05) is 0 Å². The zero-order valence-corrected chi connectivity index (χ0v) is 12.7. The molecule has 0 fully saturated rings. The summed E-state index contributed by atoms with van der Waals surface area (Å²) in [6, 6.07) is 5.52. The van der Waals surface area contributed by atoms with Crippen LogP contribution in [0.3, 0.4) is 0 Å². The van der Waals surface area contributed by atoms with E-state index in [0.29, 0.717) is 22.6 Å². The Morgan fingerprint density at radius 2 is 2.17 bits per heavy atom. The normalized spacial score (nSPS) is 12.6. The van der Waals surface area contributed by atoms with Crippen molar-refractivity contribution in [3.8, 4) is 0 Å². The Hall–Kier alpha value is -0.720. The van der Waals surface area contributed by atoms with Gasteiger partial charge in [-0.15, -0.1) is 10.2 Å². The first-order valence-electron chi connectivity index (χ1n) is 5.12. The van der Waals surface area contributed by atoms with Crippen molar-refractivity contribution in [3.63, 3.8) is 0 Å². The Balaban J connectivity index is 2.00. The van der Waals surface area contributed by atoms with E-state index in [2.05, 4.69) is 26.1 Å². The molecule has 18 heavy (non-hydrogen) atoms. The monoisotopic (exact) mass is 348 g/mol. The first kappa shape index (κ1) is 13.7. The van der Waals surface area contributed by atoms with E-state index in [0.717, 1.165) is 10.0 Å². The quantitative estimate of drug-likeness (QED) is 0.850. The van der Waals surface area contributed by atoms with Crippen molar-refractivity contribution in [2.24, 2.45) is 0 Å². The van der Waals surface area contributed by atoms with Crippen molar-refractivity contribution in [1.82, 2.24) is 10.2 Å². The molecule has 0 amide bonds. The van der Waals surface area contributed by atoms with Crippen LogP contribution in [0.1, 0.15) is 17.3 Å². The summed E-state index contributed by atoms with van der Waals surface area (Å²) in [5.74, 6) is 1.55. The first-order valence-corrected chi connectivity index (χ1v) is 7.78. The van der Waals surface area contributed by atoms with Crippen LogP contribution >= 0.6 is 27.5 Å². The average molecular weight is 350 g/mol. The minimum Gasteiger partial charge on any atom is -0.425 e. The molecule has 96 valence electrons. The SMILES string of the molecule is Cc1nnc(CS(=O)Cc2ccc(Br)c(Cl)c2)o1. The maximum Gasteiger partial charge on any atom is 0.228 e. The molecular weight excluding hydrogens is 340 g/mol. The summed E-state index contributed by atoms with van der Waals surface area (Å²) in [4.78, 5) is 0. The number of benzene rings is 1. The fourth-order valence-corrected chi connectivity index (χ4v) is 2.90. The minimum atomic E-state index is -1.09. The van der Waals surface area contributed by atoms with Crippen molar-refractivity contribution < 1.29 is 8.63 Å². The van der Waals surface area contributed by atoms with E-state index >= 15 is 0 Å². The van der Waals surface area contributed by atoms with E-state index < -0.39 is 10.8 Å². The molecule has 4 nitrogen and oxygen atoms in total. The van der Waals surface area contributed by atoms with E-state index in [1.165, 1.54) is 0 Å². The Bertz CT molecular complexity index is 588. The van der Waals surface area contributed by atoms with Crippen LogP contribution in [0.25, 0.3) is 0 Å². The highest BCUT2D eigenvalue weighted by Gasteiger charge is 2.09. The molecule has 0 saturated heterocycles. The Labute approximate surface area is 120 Å². The lowest BCUT2D eigenvalue weighted by molar-refractivity contribution is 0.483. The smallest absolute Gasteiger partial charge is 0.228 e.